The van der Waals surface area contributed by atoms with Gasteiger partial charge in [0.2, 0.25) is 0 Å². The predicted molar refractivity (Wildman–Crippen MR) is 89.5 cm³/mol. The van der Waals surface area contributed by atoms with Crippen molar-refractivity contribution in [2.45, 2.75) is 25.7 Å². The molecular weight excluding hydrogens is 256 g/mol. The highest BCUT2D eigenvalue weighted by Crippen LogP contribution is 2.16. The van der Waals surface area contributed by atoms with Crippen LogP contribution in [0, 0.1) is 0 Å². The van der Waals surface area contributed by atoms with Crippen molar-refractivity contribution in [3.05, 3.63) is 65.2 Å². The highest BCUT2D eigenvalue weighted by atomic mass is 15.1. The summed E-state index contributed by atoms with van der Waals surface area (Å²) in [4.78, 5) is 2.61. The number of aryl methyl sites for hydroxylation is 1. The molecule has 0 unspecified atom stereocenters. The zero-order chi connectivity index (χ0) is 14.5. The average Bonchev–Trinajstić information content (AvgIpc) is 2.72. The van der Waals surface area contributed by atoms with Crippen LogP contribution in [0.1, 0.15) is 23.1 Å². The number of anilines is 1. The van der Waals surface area contributed by atoms with Gasteiger partial charge in [0.1, 0.15) is 0 Å². The molecule has 2 heteroatoms. The second-order valence-corrected chi connectivity index (χ2v) is 5.96. The largest absolute Gasteiger partial charge is 0.399 e. The molecule has 0 amide bonds. The quantitative estimate of drug-likeness (QED) is 0.871. The first-order valence-electron chi connectivity index (χ1n) is 7.95. The standard InChI is InChI=1S/C19H24N2/c20-19-9-7-16(8-10-19)4-3-13-21-14-11-17-5-1-2-6-18(17)12-15-21/h1-2,5-10H,3-4,11-15,20H2. The SMILES string of the molecule is Nc1ccc(CCCN2CCc3ccccc3CC2)cc1. The van der Waals surface area contributed by atoms with Crippen LogP contribution in [-0.2, 0) is 19.3 Å². The summed E-state index contributed by atoms with van der Waals surface area (Å²) < 4.78 is 0. The van der Waals surface area contributed by atoms with Gasteiger partial charge in [-0.25, -0.2) is 0 Å². The topological polar surface area (TPSA) is 29.3 Å². The number of nitrogens with zero attached hydrogens (tertiary/aromatic N) is 1. The molecule has 0 spiro atoms. The fraction of sp³-hybridized carbons (Fsp3) is 0.368. The Morgan fingerprint density at radius 1 is 0.857 bits per heavy atom. The number of nitrogens with two attached hydrogens (primary N) is 1. The minimum atomic E-state index is 0.851. The molecule has 1 heterocycles. The Balaban J connectivity index is 1.48. The Labute approximate surface area is 127 Å². The van der Waals surface area contributed by atoms with Crippen LogP contribution in [0.25, 0.3) is 0 Å². The molecule has 2 N–H and O–H groups in total. The molecule has 0 saturated heterocycles. The second kappa shape index (κ2) is 6.77. The minimum absolute atomic E-state index is 0.851. The highest BCUT2D eigenvalue weighted by Gasteiger charge is 2.12. The molecule has 2 aromatic rings. The molecule has 0 aliphatic carbocycles. The summed E-state index contributed by atoms with van der Waals surface area (Å²) in [5.74, 6) is 0. The Hall–Kier alpha value is -1.80. The van der Waals surface area contributed by atoms with Crippen LogP contribution in [0.5, 0.6) is 0 Å². The van der Waals surface area contributed by atoms with Crippen LogP contribution in [0.15, 0.2) is 48.5 Å². The lowest BCUT2D eigenvalue weighted by molar-refractivity contribution is 0.284. The molecule has 2 aromatic carbocycles. The molecular formula is C19H24N2. The predicted octanol–water partition coefficient (Wildman–Crippen LogP) is 3.30. The van der Waals surface area contributed by atoms with Gasteiger partial charge >= 0.3 is 0 Å². The van der Waals surface area contributed by atoms with E-state index in [0.717, 1.165) is 12.1 Å². The first-order chi connectivity index (χ1) is 10.3. The van der Waals surface area contributed by atoms with Crippen molar-refractivity contribution in [1.29, 1.82) is 0 Å². The van der Waals surface area contributed by atoms with Gasteiger partial charge in [-0.1, -0.05) is 36.4 Å². The van der Waals surface area contributed by atoms with Crippen molar-refractivity contribution < 1.29 is 0 Å². The number of hydrogen-bond acceptors (Lipinski definition) is 2. The van der Waals surface area contributed by atoms with Gasteiger partial charge in [0, 0.05) is 18.8 Å². The van der Waals surface area contributed by atoms with Gasteiger partial charge in [-0.05, 0) is 61.1 Å². The zero-order valence-electron chi connectivity index (χ0n) is 12.6. The molecule has 3 rings (SSSR count). The molecule has 0 bridgehead atoms. The first kappa shape index (κ1) is 14.2. The van der Waals surface area contributed by atoms with E-state index in [9.17, 15) is 0 Å². The molecule has 0 saturated carbocycles. The molecule has 1 aliphatic rings. The van der Waals surface area contributed by atoms with Crippen molar-refractivity contribution in [2.75, 3.05) is 25.4 Å². The molecule has 21 heavy (non-hydrogen) atoms. The summed E-state index contributed by atoms with van der Waals surface area (Å²) in [5.41, 5.74) is 11.0. The molecule has 0 atom stereocenters. The van der Waals surface area contributed by atoms with E-state index in [1.54, 1.807) is 11.1 Å². The Bertz CT molecular complexity index is 547. The highest BCUT2D eigenvalue weighted by molar-refractivity contribution is 5.39. The monoisotopic (exact) mass is 280 g/mol. The molecule has 0 aromatic heterocycles. The van der Waals surface area contributed by atoms with E-state index in [4.69, 9.17) is 5.73 Å². The van der Waals surface area contributed by atoms with Crippen LogP contribution in [-0.4, -0.2) is 24.5 Å². The van der Waals surface area contributed by atoms with Gasteiger partial charge in [-0.3, -0.25) is 0 Å². The van der Waals surface area contributed by atoms with E-state index >= 15 is 0 Å². The molecule has 2 nitrogen and oxygen atoms in total. The summed E-state index contributed by atoms with van der Waals surface area (Å²) in [5, 5.41) is 0. The van der Waals surface area contributed by atoms with Crippen molar-refractivity contribution in [3.8, 4) is 0 Å². The molecule has 1 aliphatic heterocycles. The molecule has 110 valence electrons. The van der Waals surface area contributed by atoms with Crippen LogP contribution < -0.4 is 5.73 Å². The maximum Gasteiger partial charge on any atom is 0.0314 e. The lowest BCUT2D eigenvalue weighted by atomic mass is 10.0. The van der Waals surface area contributed by atoms with Crippen LogP contribution in [0.4, 0.5) is 5.69 Å². The summed E-state index contributed by atoms with van der Waals surface area (Å²) in [6.45, 7) is 3.58. The maximum atomic E-state index is 5.72. The van der Waals surface area contributed by atoms with Crippen molar-refractivity contribution in [3.63, 3.8) is 0 Å². The fourth-order valence-corrected chi connectivity index (χ4v) is 3.13. The Morgan fingerprint density at radius 3 is 2.10 bits per heavy atom. The van der Waals surface area contributed by atoms with Gasteiger partial charge in [0.25, 0.3) is 0 Å². The number of benzene rings is 2. The third-order valence-electron chi connectivity index (χ3n) is 4.43. The average molecular weight is 280 g/mol. The third kappa shape index (κ3) is 3.85. The zero-order valence-corrected chi connectivity index (χ0v) is 12.6. The van der Waals surface area contributed by atoms with Crippen LogP contribution >= 0.6 is 0 Å². The summed E-state index contributed by atoms with van der Waals surface area (Å²) >= 11 is 0. The summed E-state index contributed by atoms with van der Waals surface area (Å²) in [6.07, 6.45) is 4.75. The van der Waals surface area contributed by atoms with E-state index in [1.807, 2.05) is 12.1 Å². The van der Waals surface area contributed by atoms with Crippen molar-refractivity contribution in [2.24, 2.45) is 0 Å². The molecule has 0 radical (unpaired) electrons. The number of hydrogen-bond donors (Lipinski definition) is 1. The van der Waals surface area contributed by atoms with Gasteiger partial charge in [-0.15, -0.1) is 0 Å². The van der Waals surface area contributed by atoms with Gasteiger partial charge in [0.05, 0.1) is 0 Å². The normalized spacial score (nSPS) is 15.4. The van der Waals surface area contributed by atoms with Crippen LogP contribution in [0.2, 0.25) is 0 Å². The van der Waals surface area contributed by atoms with Gasteiger partial charge in [-0.2, -0.15) is 0 Å². The number of nitrogen functional groups attached to an aromatic ring is 1. The number of rotatable bonds is 4. The Morgan fingerprint density at radius 2 is 1.48 bits per heavy atom. The summed E-state index contributed by atoms with van der Waals surface area (Å²) in [6, 6.07) is 17.2. The lowest BCUT2D eigenvalue weighted by Crippen LogP contribution is -2.27. The van der Waals surface area contributed by atoms with Crippen molar-refractivity contribution in [1.82, 2.24) is 4.90 Å². The minimum Gasteiger partial charge on any atom is -0.399 e. The third-order valence-corrected chi connectivity index (χ3v) is 4.43. The van der Waals surface area contributed by atoms with Crippen LogP contribution in [0.3, 0.4) is 0 Å². The molecule has 0 fully saturated rings. The van der Waals surface area contributed by atoms with E-state index < -0.39 is 0 Å². The van der Waals surface area contributed by atoms with Gasteiger partial charge < -0.3 is 10.6 Å². The van der Waals surface area contributed by atoms with E-state index in [2.05, 4.69) is 41.3 Å². The second-order valence-electron chi connectivity index (χ2n) is 5.96. The Kier molecular flexibility index (Phi) is 4.56. The van der Waals surface area contributed by atoms with E-state index in [0.29, 0.717) is 0 Å². The van der Waals surface area contributed by atoms with Crippen molar-refractivity contribution >= 4 is 5.69 Å². The van der Waals surface area contributed by atoms with E-state index in [-0.39, 0.29) is 0 Å². The van der Waals surface area contributed by atoms with Gasteiger partial charge in [0.15, 0.2) is 0 Å². The number of fused-ring (bicyclic) bond motifs is 1. The fourth-order valence-electron chi connectivity index (χ4n) is 3.13. The lowest BCUT2D eigenvalue weighted by Gasteiger charge is -2.19. The summed E-state index contributed by atoms with van der Waals surface area (Å²) in [7, 11) is 0. The smallest absolute Gasteiger partial charge is 0.0314 e. The van der Waals surface area contributed by atoms with E-state index in [1.165, 1.54) is 44.5 Å². The first-order valence-corrected chi connectivity index (χ1v) is 7.95. The maximum absolute atomic E-state index is 5.72.